The van der Waals surface area contributed by atoms with Gasteiger partial charge in [0.25, 0.3) is 5.91 Å². The summed E-state index contributed by atoms with van der Waals surface area (Å²) in [6.45, 7) is 9.25. The van der Waals surface area contributed by atoms with Crippen LogP contribution in [0.4, 0.5) is 4.39 Å². The van der Waals surface area contributed by atoms with Crippen LogP contribution in [0.2, 0.25) is 0 Å². The number of hydrogen-bond donors (Lipinski definition) is 1. The second-order valence-corrected chi connectivity index (χ2v) is 14.2. The number of amides is 2. The van der Waals surface area contributed by atoms with Crippen molar-refractivity contribution < 1.29 is 18.7 Å². The first-order valence-corrected chi connectivity index (χ1v) is 16.4. The zero-order chi connectivity index (χ0) is 31.3. The van der Waals surface area contributed by atoms with Gasteiger partial charge in [0.05, 0.1) is 17.0 Å². The van der Waals surface area contributed by atoms with Gasteiger partial charge in [-0.05, 0) is 91.5 Å². The van der Waals surface area contributed by atoms with Gasteiger partial charge in [-0.1, -0.05) is 27.2 Å². The maximum atomic E-state index is 15.5. The van der Waals surface area contributed by atoms with Crippen LogP contribution in [0.1, 0.15) is 86.8 Å². The maximum Gasteiger partial charge on any atom is 0.254 e. The molecule has 0 bridgehead atoms. The van der Waals surface area contributed by atoms with Crippen LogP contribution >= 0.6 is 0 Å². The van der Waals surface area contributed by atoms with Crippen LogP contribution in [0, 0.1) is 17.2 Å². The summed E-state index contributed by atoms with van der Waals surface area (Å²) in [7, 11) is 0. The molecule has 1 N–H and O–H groups in total. The Balaban J connectivity index is 1.07. The van der Waals surface area contributed by atoms with Gasteiger partial charge in [-0.3, -0.25) is 14.5 Å². The fourth-order valence-electron chi connectivity index (χ4n) is 7.37. The number of carbonyl (C=O) groups is 2. The Morgan fingerprint density at radius 1 is 1.09 bits per heavy atom. The summed E-state index contributed by atoms with van der Waals surface area (Å²) in [5.41, 5.74) is 3.38. The van der Waals surface area contributed by atoms with E-state index in [1.165, 1.54) is 31.4 Å². The van der Waals surface area contributed by atoms with Gasteiger partial charge in [-0.2, -0.15) is 10.2 Å². The minimum Gasteiger partial charge on any atom is -0.457 e. The van der Waals surface area contributed by atoms with E-state index in [1.807, 2.05) is 43.3 Å². The predicted molar refractivity (Wildman–Crippen MR) is 169 cm³/mol. The monoisotopic (exact) mass is 611 g/mol. The molecule has 0 radical (unpaired) electrons. The van der Waals surface area contributed by atoms with Crippen LogP contribution in [-0.2, 0) is 11.3 Å². The van der Waals surface area contributed by atoms with Crippen molar-refractivity contribution in [2.45, 2.75) is 83.8 Å². The molecule has 2 saturated heterocycles. The van der Waals surface area contributed by atoms with Crippen LogP contribution in [0.5, 0.6) is 11.5 Å². The second-order valence-electron chi connectivity index (χ2n) is 14.2. The highest BCUT2D eigenvalue weighted by Gasteiger charge is 2.54. The Labute approximate surface area is 264 Å². The molecule has 3 aromatic rings. The van der Waals surface area contributed by atoms with Gasteiger partial charge in [0.15, 0.2) is 0 Å². The summed E-state index contributed by atoms with van der Waals surface area (Å²) in [5.74, 6) is 0.440. The average Bonchev–Trinajstić information content (AvgIpc) is 3.27. The molecule has 3 heterocycles. The highest BCUT2D eigenvalue weighted by atomic mass is 19.1. The van der Waals surface area contributed by atoms with Crippen LogP contribution in [-0.4, -0.2) is 63.5 Å². The molecule has 1 atom stereocenters. The zero-order valence-electron chi connectivity index (χ0n) is 26.4. The molecular weight excluding hydrogens is 569 g/mol. The first-order chi connectivity index (χ1) is 21.6. The lowest BCUT2D eigenvalue weighted by Gasteiger charge is -2.62. The van der Waals surface area contributed by atoms with Crippen molar-refractivity contribution in [2.75, 3.05) is 19.6 Å². The Kier molecular flexibility index (Phi) is 7.84. The van der Waals surface area contributed by atoms with Gasteiger partial charge in [0, 0.05) is 55.8 Å². The zero-order valence-corrected chi connectivity index (χ0v) is 26.4. The topological polar surface area (TPSA) is 87.7 Å². The molecule has 2 aliphatic heterocycles. The van der Waals surface area contributed by atoms with Gasteiger partial charge < -0.3 is 15.0 Å². The lowest BCUT2D eigenvalue weighted by atomic mass is 9.59. The van der Waals surface area contributed by atoms with E-state index in [2.05, 4.69) is 34.3 Å². The smallest absolute Gasteiger partial charge is 0.254 e. The van der Waals surface area contributed by atoms with E-state index in [4.69, 9.17) is 4.74 Å². The Morgan fingerprint density at radius 2 is 1.84 bits per heavy atom. The number of ether oxygens (including phenoxy) is 1. The van der Waals surface area contributed by atoms with Crippen molar-refractivity contribution in [3.63, 3.8) is 0 Å². The lowest BCUT2D eigenvalue weighted by Crippen LogP contribution is -2.69. The molecule has 2 aromatic carbocycles. The third-order valence-electron chi connectivity index (χ3n) is 10.2. The SMILES string of the molecule is CC1CC(=O)N(Cc2cc(F)c(C(=O)NC3CC4(C3)CN(C3CCC3)C4)cc2Oc2ccc(-c3ccc(C(C)C)nn3)cc2)C1. The molecular formula is C36H42FN5O3. The van der Waals surface area contributed by atoms with Crippen molar-refractivity contribution in [2.24, 2.45) is 11.3 Å². The number of halogens is 1. The molecule has 2 aliphatic carbocycles. The summed E-state index contributed by atoms with van der Waals surface area (Å²) >= 11 is 0. The molecule has 9 heteroatoms. The normalized spacial score (nSPS) is 21.5. The van der Waals surface area contributed by atoms with E-state index in [1.54, 1.807) is 4.90 Å². The third kappa shape index (κ3) is 6.07. The van der Waals surface area contributed by atoms with Crippen LogP contribution in [0.25, 0.3) is 11.3 Å². The summed E-state index contributed by atoms with van der Waals surface area (Å²) in [4.78, 5) is 30.2. The fourth-order valence-corrected chi connectivity index (χ4v) is 7.37. The van der Waals surface area contributed by atoms with Crippen molar-refractivity contribution in [3.05, 3.63) is 71.2 Å². The van der Waals surface area contributed by atoms with Crippen molar-refractivity contribution in [1.29, 1.82) is 0 Å². The predicted octanol–water partition coefficient (Wildman–Crippen LogP) is 6.31. The molecule has 1 aromatic heterocycles. The standard InChI is InChI=1S/C36H42FN5O3/c1-22(2)31-11-12-32(40-39-31)24-7-9-28(10-8-24)45-33-15-29(30(37)14-25(33)19-41-18-23(3)13-34(41)43)35(44)38-26-16-36(17-26)20-42(21-36)27-5-4-6-27/h7-12,14-15,22-23,26-27H,4-6,13,16-21H2,1-3H3,(H,38,44). The van der Waals surface area contributed by atoms with Crippen LogP contribution in [0.3, 0.4) is 0 Å². The largest absolute Gasteiger partial charge is 0.457 e. The molecule has 8 nitrogen and oxygen atoms in total. The number of hydrogen-bond acceptors (Lipinski definition) is 6. The van der Waals surface area contributed by atoms with Crippen molar-refractivity contribution in [3.8, 4) is 22.8 Å². The summed E-state index contributed by atoms with van der Waals surface area (Å²) in [6.07, 6.45) is 6.32. The Hall–Kier alpha value is -3.85. The number of rotatable bonds is 9. The number of benzene rings is 2. The van der Waals surface area contributed by atoms with Crippen molar-refractivity contribution >= 4 is 11.8 Å². The molecule has 45 heavy (non-hydrogen) atoms. The minimum atomic E-state index is -0.609. The molecule has 2 amide bonds. The molecule has 236 valence electrons. The first-order valence-electron chi connectivity index (χ1n) is 16.4. The Morgan fingerprint density at radius 3 is 2.44 bits per heavy atom. The van der Waals surface area contributed by atoms with Crippen molar-refractivity contribution in [1.82, 2.24) is 25.3 Å². The Bertz CT molecular complexity index is 1570. The van der Waals surface area contributed by atoms with E-state index in [0.29, 0.717) is 41.4 Å². The van der Waals surface area contributed by atoms with E-state index in [9.17, 15) is 9.59 Å². The average molecular weight is 612 g/mol. The number of nitrogens with one attached hydrogen (secondary N) is 1. The molecule has 7 rings (SSSR count). The first kappa shape index (κ1) is 29.8. The quantitative estimate of drug-likeness (QED) is 0.305. The summed E-state index contributed by atoms with van der Waals surface area (Å²) < 4.78 is 21.8. The number of likely N-dealkylation sites (tertiary alicyclic amines) is 2. The number of aromatic nitrogens is 2. The molecule has 4 fully saturated rings. The lowest BCUT2D eigenvalue weighted by molar-refractivity contribution is -0.128. The molecule has 1 spiro atoms. The molecule has 2 saturated carbocycles. The fraction of sp³-hybridized carbons (Fsp3) is 0.500. The maximum absolute atomic E-state index is 15.5. The molecule has 4 aliphatic rings. The summed E-state index contributed by atoms with van der Waals surface area (Å²) in [5, 5.41) is 11.8. The van der Waals surface area contributed by atoms with Gasteiger partial charge in [0.2, 0.25) is 5.91 Å². The minimum absolute atomic E-state index is 0.0374. The van der Waals surface area contributed by atoms with E-state index in [0.717, 1.165) is 48.9 Å². The van der Waals surface area contributed by atoms with Gasteiger partial charge in [-0.15, -0.1) is 0 Å². The van der Waals surface area contributed by atoms with Gasteiger partial charge in [-0.25, -0.2) is 4.39 Å². The van der Waals surface area contributed by atoms with Crippen LogP contribution in [0.15, 0.2) is 48.5 Å². The highest BCUT2D eigenvalue weighted by Crippen LogP contribution is 2.50. The second kappa shape index (κ2) is 11.8. The van der Waals surface area contributed by atoms with Gasteiger partial charge in [0.1, 0.15) is 17.3 Å². The van der Waals surface area contributed by atoms with E-state index >= 15 is 4.39 Å². The van der Waals surface area contributed by atoms with E-state index in [-0.39, 0.29) is 30.0 Å². The number of nitrogens with zero attached hydrogens (tertiary/aromatic N) is 4. The number of carbonyl (C=O) groups excluding carboxylic acids is 2. The van der Waals surface area contributed by atoms with Crippen LogP contribution < -0.4 is 10.1 Å². The van der Waals surface area contributed by atoms with E-state index < -0.39 is 11.7 Å². The van der Waals surface area contributed by atoms with Gasteiger partial charge >= 0.3 is 0 Å². The summed E-state index contributed by atoms with van der Waals surface area (Å²) in [6, 6.07) is 15.0. The molecule has 1 unspecified atom stereocenters. The third-order valence-corrected chi connectivity index (χ3v) is 10.2. The highest BCUT2D eigenvalue weighted by molar-refractivity contribution is 5.95.